The number of benzene rings is 2. The molecular formula is C22H26Cl2N2O. The number of rotatable bonds is 6. The van der Waals surface area contributed by atoms with Gasteiger partial charge < -0.3 is 9.80 Å². The predicted octanol–water partition coefficient (Wildman–Crippen LogP) is 5.16. The average molecular weight is 405 g/mol. The Morgan fingerprint density at radius 1 is 1.04 bits per heavy atom. The molecular weight excluding hydrogens is 379 g/mol. The first kappa shape index (κ1) is 20.2. The molecule has 0 unspecified atom stereocenters. The Labute approximate surface area is 171 Å². The second kappa shape index (κ2) is 9.59. The molecule has 0 atom stereocenters. The molecule has 2 aromatic carbocycles. The number of hydrogen-bond donors (Lipinski definition) is 0. The highest BCUT2D eigenvalue weighted by Crippen LogP contribution is 2.26. The average Bonchev–Trinajstić information content (AvgIpc) is 2.70. The summed E-state index contributed by atoms with van der Waals surface area (Å²) in [4.78, 5) is 16.9. The van der Waals surface area contributed by atoms with E-state index in [2.05, 4.69) is 11.9 Å². The van der Waals surface area contributed by atoms with Crippen molar-refractivity contribution in [2.75, 3.05) is 26.7 Å². The van der Waals surface area contributed by atoms with Crippen molar-refractivity contribution >= 4 is 29.1 Å². The molecule has 0 saturated carbocycles. The van der Waals surface area contributed by atoms with Gasteiger partial charge in [0.15, 0.2) is 0 Å². The molecule has 27 heavy (non-hydrogen) atoms. The molecule has 0 bridgehead atoms. The zero-order chi connectivity index (χ0) is 19.2. The van der Waals surface area contributed by atoms with E-state index in [1.54, 1.807) is 0 Å². The second-order valence-corrected chi connectivity index (χ2v) is 7.99. The number of halogens is 2. The first-order valence-electron chi connectivity index (χ1n) is 9.53. The molecule has 2 aromatic rings. The molecule has 1 fully saturated rings. The minimum atomic E-state index is 0.144. The van der Waals surface area contributed by atoms with Crippen LogP contribution in [0.15, 0.2) is 48.5 Å². The topological polar surface area (TPSA) is 23.6 Å². The van der Waals surface area contributed by atoms with Crippen LogP contribution in [0.3, 0.4) is 0 Å². The lowest BCUT2D eigenvalue weighted by Gasteiger charge is -2.37. The standard InChI is InChI=1S/C22H26Cl2N2O/c1-25(14-6-9-19-20(23)10-5-11-21(19)24)18-12-15-26(16-13-18)22(27)17-7-3-2-4-8-17/h2-5,7-8,10-11,18H,6,9,12-16H2,1H3. The number of nitrogens with zero attached hydrogens (tertiary/aromatic N) is 2. The third-order valence-electron chi connectivity index (χ3n) is 5.40. The maximum absolute atomic E-state index is 12.6. The van der Waals surface area contributed by atoms with Gasteiger partial charge in [0.1, 0.15) is 0 Å². The van der Waals surface area contributed by atoms with Crippen LogP contribution in [0.25, 0.3) is 0 Å². The van der Waals surface area contributed by atoms with E-state index < -0.39 is 0 Å². The summed E-state index contributed by atoms with van der Waals surface area (Å²) in [5.74, 6) is 0.144. The zero-order valence-corrected chi connectivity index (χ0v) is 17.2. The molecule has 3 nitrogen and oxygen atoms in total. The van der Waals surface area contributed by atoms with Gasteiger partial charge in [-0.15, -0.1) is 0 Å². The van der Waals surface area contributed by atoms with Crippen molar-refractivity contribution in [1.82, 2.24) is 9.80 Å². The molecule has 144 valence electrons. The molecule has 1 saturated heterocycles. The lowest BCUT2D eigenvalue weighted by molar-refractivity contribution is 0.0645. The number of carbonyl (C=O) groups excluding carboxylic acids is 1. The van der Waals surface area contributed by atoms with Crippen LogP contribution in [-0.2, 0) is 6.42 Å². The van der Waals surface area contributed by atoms with Crippen LogP contribution in [0.2, 0.25) is 10.0 Å². The fraction of sp³-hybridized carbons (Fsp3) is 0.409. The maximum Gasteiger partial charge on any atom is 0.253 e. The SMILES string of the molecule is CN(CCCc1c(Cl)cccc1Cl)C1CCN(C(=O)c2ccccc2)CC1. The molecule has 0 spiro atoms. The van der Waals surface area contributed by atoms with Crippen LogP contribution in [0.4, 0.5) is 0 Å². The summed E-state index contributed by atoms with van der Waals surface area (Å²) in [5, 5.41) is 1.50. The molecule has 5 heteroatoms. The quantitative estimate of drug-likeness (QED) is 0.663. The van der Waals surface area contributed by atoms with Gasteiger partial charge in [-0.05, 0) is 69.1 Å². The summed E-state index contributed by atoms with van der Waals surface area (Å²) >= 11 is 12.5. The van der Waals surface area contributed by atoms with Gasteiger partial charge in [-0.25, -0.2) is 0 Å². The van der Waals surface area contributed by atoms with Crippen molar-refractivity contribution in [2.45, 2.75) is 31.7 Å². The van der Waals surface area contributed by atoms with E-state index in [0.717, 1.165) is 66.5 Å². The summed E-state index contributed by atoms with van der Waals surface area (Å²) in [6, 6.07) is 15.7. The number of hydrogen-bond acceptors (Lipinski definition) is 2. The van der Waals surface area contributed by atoms with E-state index in [4.69, 9.17) is 23.2 Å². The Morgan fingerprint density at radius 3 is 2.30 bits per heavy atom. The van der Waals surface area contributed by atoms with Gasteiger partial charge in [0.05, 0.1) is 0 Å². The Balaban J connectivity index is 1.45. The van der Waals surface area contributed by atoms with Gasteiger partial charge in [0, 0.05) is 34.7 Å². The summed E-state index contributed by atoms with van der Waals surface area (Å²) in [6.45, 7) is 2.64. The molecule has 1 amide bonds. The van der Waals surface area contributed by atoms with Crippen molar-refractivity contribution in [3.05, 3.63) is 69.7 Å². The van der Waals surface area contributed by atoms with Gasteiger partial charge in [-0.1, -0.05) is 47.5 Å². The van der Waals surface area contributed by atoms with Crippen molar-refractivity contribution in [3.63, 3.8) is 0 Å². The van der Waals surface area contributed by atoms with Gasteiger partial charge >= 0.3 is 0 Å². The van der Waals surface area contributed by atoms with Crippen LogP contribution in [0, 0.1) is 0 Å². The lowest BCUT2D eigenvalue weighted by atomic mass is 10.0. The minimum absolute atomic E-state index is 0.144. The fourth-order valence-electron chi connectivity index (χ4n) is 3.73. The molecule has 0 radical (unpaired) electrons. The van der Waals surface area contributed by atoms with E-state index >= 15 is 0 Å². The molecule has 3 rings (SSSR count). The number of piperidine rings is 1. The van der Waals surface area contributed by atoms with Crippen LogP contribution in [0.5, 0.6) is 0 Å². The first-order valence-corrected chi connectivity index (χ1v) is 10.3. The second-order valence-electron chi connectivity index (χ2n) is 7.17. The number of likely N-dealkylation sites (tertiary alicyclic amines) is 1. The third kappa shape index (κ3) is 5.25. The van der Waals surface area contributed by atoms with Crippen molar-refractivity contribution in [2.24, 2.45) is 0 Å². The normalized spacial score (nSPS) is 15.3. The highest BCUT2D eigenvalue weighted by atomic mass is 35.5. The molecule has 1 aliphatic rings. The van der Waals surface area contributed by atoms with Gasteiger partial charge in [0.2, 0.25) is 0 Å². The Hall–Kier alpha value is -1.55. The number of carbonyl (C=O) groups is 1. The Bertz CT molecular complexity index is 738. The molecule has 0 aliphatic carbocycles. The number of amides is 1. The largest absolute Gasteiger partial charge is 0.339 e. The van der Waals surface area contributed by atoms with Crippen molar-refractivity contribution < 1.29 is 4.79 Å². The van der Waals surface area contributed by atoms with Gasteiger partial charge in [0.25, 0.3) is 5.91 Å². The highest BCUT2D eigenvalue weighted by molar-refractivity contribution is 6.35. The fourth-order valence-corrected chi connectivity index (χ4v) is 4.32. The lowest BCUT2D eigenvalue weighted by Crippen LogP contribution is -2.45. The van der Waals surface area contributed by atoms with E-state index in [0.29, 0.717) is 6.04 Å². The molecule has 0 N–H and O–H groups in total. The molecule has 1 heterocycles. The monoisotopic (exact) mass is 404 g/mol. The van der Waals surface area contributed by atoms with Crippen molar-refractivity contribution in [3.8, 4) is 0 Å². The summed E-state index contributed by atoms with van der Waals surface area (Å²) < 4.78 is 0. The highest BCUT2D eigenvalue weighted by Gasteiger charge is 2.25. The van der Waals surface area contributed by atoms with E-state index in [9.17, 15) is 4.79 Å². The van der Waals surface area contributed by atoms with Crippen molar-refractivity contribution in [1.29, 1.82) is 0 Å². The minimum Gasteiger partial charge on any atom is -0.339 e. The van der Waals surface area contributed by atoms with Crippen LogP contribution in [0.1, 0.15) is 35.2 Å². The third-order valence-corrected chi connectivity index (χ3v) is 6.10. The van der Waals surface area contributed by atoms with Crippen LogP contribution >= 0.6 is 23.2 Å². The predicted molar refractivity (Wildman–Crippen MR) is 113 cm³/mol. The van der Waals surface area contributed by atoms with Crippen LogP contribution < -0.4 is 0 Å². The smallest absolute Gasteiger partial charge is 0.253 e. The summed E-state index contributed by atoms with van der Waals surface area (Å²) in [5.41, 5.74) is 1.82. The van der Waals surface area contributed by atoms with Gasteiger partial charge in [-0.3, -0.25) is 4.79 Å². The van der Waals surface area contributed by atoms with E-state index in [1.165, 1.54) is 0 Å². The first-order chi connectivity index (χ1) is 13.1. The molecule has 1 aliphatic heterocycles. The Morgan fingerprint density at radius 2 is 1.67 bits per heavy atom. The Kier molecular flexibility index (Phi) is 7.17. The zero-order valence-electron chi connectivity index (χ0n) is 15.7. The maximum atomic E-state index is 12.6. The summed E-state index contributed by atoms with van der Waals surface area (Å²) in [6.07, 6.45) is 3.93. The van der Waals surface area contributed by atoms with E-state index in [-0.39, 0.29) is 5.91 Å². The van der Waals surface area contributed by atoms with E-state index in [1.807, 2.05) is 53.4 Å². The van der Waals surface area contributed by atoms with Crippen LogP contribution in [-0.4, -0.2) is 48.4 Å². The summed E-state index contributed by atoms with van der Waals surface area (Å²) in [7, 11) is 2.17. The molecule has 0 aromatic heterocycles. The van der Waals surface area contributed by atoms with Gasteiger partial charge in [-0.2, -0.15) is 0 Å².